The molecule has 15 heteroatoms. The third kappa shape index (κ3) is 4.31. The number of Topliss-reactive ketones (excluding diaryl/α,β-unsaturated/α-hetero) is 1. The number of carbonyl (C=O) groups is 2. The van der Waals surface area contributed by atoms with Gasteiger partial charge in [-0.25, -0.2) is 15.0 Å². The molecule has 5 aromatic heterocycles. The summed E-state index contributed by atoms with van der Waals surface area (Å²) in [7, 11) is 3.03. The summed E-state index contributed by atoms with van der Waals surface area (Å²) in [5, 5.41) is 14.7. The molecule has 1 aliphatic rings. The van der Waals surface area contributed by atoms with Gasteiger partial charge in [-0.3, -0.25) is 9.59 Å². The number of thiazole rings is 1. The molecule has 0 saturated carbocycles. The topological polar surface area (TPSA) is 157 Å². The highest BCUT2D eigenvalue weighted by molar-refractivity contribution is 7.11. The second kappa shape index (κ2) is 10.1. The molecule has 0 radical (unpaired) electrons. The van der Waals surface area contributed by atoms with Crippen LogP contribution in [0.3, 0.4) is 0 Å². The number of nitrogens with one attached hydrogen (secondary N) is 1. The third-order valence-electron chi connectivity index (χ3n) is 6.40. The van der Waals surface area contributed by atoms with Crippen molar-refractivity contribution in [2.45, 2.75) is 0 Å². The Morgan fingerprint density at radius 1 is 1.08 bits per heavy atom. The van der Waals surface area contributed by atoms with E-state index in [-0.39, 0.29) is 5.56 Å². The fourth-order valence-electron chi connectivity index (χ4n) is 4.48. The van der Waals surface area contributed by atoms with Crippen molar-refractivity contribution in [3.05, 3.63) is 47.7 Å². The van der Waals surface area contributed by atoms with Crippen LogP contribution in [0.2, 0.25) is 0 Å². The quantitative estimate of drug-likeness (QED) is 0.234. The highest BCUT2D eigenvalue weighted by Gasteiger charge is 2.31. The molecule has 198 valence electrons. The van der Waals surface area contributed by atoms with Crippen LogP contribution < -0.4 is 14.4 Å². The Kier molecular flexibility index (Phi) is 6.32. The Labute approximate surface area is 225 Å². The van der Waals surface area contributed by atoms with Crippen molar-refractivity contribution in [1.82, 2.24) is 45.0 Å². The first kappa shape index (κ1) is 24.4. The van der Waals surface area contributed by atoms with E-state index in [1.807, 2.05) is 22.4 Å². The van der Waals surface area contributed by atoms with E-state index in [1.165, 1.54) is 35.7 Å². The van der Waals surface area contributed by atoms with Gasteiger partial charge in [0.25, 0.3) is 22.8 Å². The number of anilines is 1. The number of hydrogen-bond acceptors (Lipinski definition) is 12. The minimum Gasteiger partial charge on any atom is -0.494 e. The molecule has 0 spiro atoms. The molecule has 1 fully saturated rings. The summed E-state index contributed by atoms with van der Waals surface area (Å²) in [6.45, 7) is 1.54. The number of aromatic nitrogens is 8. The summed E-state index contributed by atoms with van der Waals surface area (Å²) in [5.41, 5.74) is 1.86. The lowest BCUT2D eigenvalue weighted by molar-refractivity contribution is -0.126. The van der Waals surface area contributed by atoms with Crippen LogP contribution in [0.5, 0.6) is 10.9 Å². The summed E-state index contributed by atoms with van der Waals surface area (Å²) in [6, 6.07) is 5.47. The van der Waals surface area contributed by atoms with Crippen LogP contribution in [0.15, 0.2) is 42.2 Å². The molecule has 1 amide bonds. The van der Waals surface area contributed by atoms with Gasteiger partial charge in [0, 0.05) is 44.0 Å². The van der Waals surface area contributed by atoms with Crippen molar-refractivity contribution in [3.63, 3.8) is 0 Å². The highest BCUT2D eigenvalue weighted by atomic mass is 32.1. The molecule has 0 atom stereocenters. The number of methoxy groups -OCH3 is 2. The molecule has 39 heavy (non-hydrogen) atoms. The van der Waals surface area contributed by atoms with Crippen molar-refractivity contribution in [2.75, 3.05) is 45.3 Å². The van der Waals surface area contributed by atoms with Crippen LogP contribution in [0.4, 0.5) is 5.95 Å². The molecule has 1 aliphatic heterocycles. The molecule has 1 saturated heterocycles. The van der Waals surface area contributed by atoms with Gasteiger partial charge in [-0.1, -0.05) is 22.5 Å². The number of carbonyl (C=O) groups excluding carboxylic acids is 2. The van der Waals surface area contributed by atoms with Crippen LogP contribution in [0.25, 0.3) is 28.1 Å². The molecular weight excluding hydrogens is 524 g/mol. The Balaban J connectivity index is 1.22. The van der Waals surface area contributed by atoms with E-state index >= 15 is 0 Å². The average molecular weight is 547 g/mol. The number of tetrazole rings is 1. The number of fused-ring (bicyclic) bond motifs is 1. The molecule has 6 heterocycles. The first-order valence-corrected chi connectivity index (χ1v) is 12.8. The monoisotopic (exact) mass is 546 g/mol. The first-order valence-electron chi connectivity index (χ1n) is 11.9. The zero-order valence-corrected chi connectivity index (χ0v) is 21.8. The van der Waals surface area contributed by atoms with Crippen LogP contribution in [-0.2, 0) is 4.79 Å². The summed E-state index contributed by atoms with van der Waals surface area (Å²) < 4.78 is 12.2. The maximum atomic E-state index is 13.5. The molecule has 1 N–H and O–H groups in total. The Morgan fingerprint density at radius 2 is 1.92 bits per heavy atom. The van der Waals surface area contributed by atoms with E-state index in [4.69, 9.17) is 9.47 Å². The maximum absolute atomic E-state index is 13.5. The smallest absolute Gasteiger partial charge is 0.295 e. The van der Waals surface area contributed by atoms with E-state index in [0.29, 0.717) is 71.2 Å². The van der Waals surface area contributed by atoms with Crippen LogP contribution >= 0.6 is 11.3 Å². The predicted molar refractivity (Wildman–Crippen MR) is 140 cm³/mol. The number of ketones is 1. The van der Waals surface area contributed by atoms with Crippen molar-refractivity contribution < 1.29 is 19.1 Å². The zero-order valence-electron chi connectivity index (χ0n) is 20.9. The molecule has 14 nitrogen and oxygen atoms in total. The number of aromatic amines is 1. The van der Waals surface area contributed by atoms with Gasteiger partial charge in [-0.05, 0) is 22.6 Å². The van der Waals surface area contributed by atoms with Crippen molar-refractivity contribution in [1.29, 1.82) is 0 Å². The van der Waals surface area contributed by atoms with Gasteiger partial charge >= 0.3 is 0 Å². The molecule has 5 aromatic rings. The fourth-order valence-corrected chi connectivity index (χ4v) is 5.11. The van der Waals surface area contributed by atoms with Gasteiger partial charge < -0.3 is 24.3 Å². The zero-order chi connectivity index (χ0) is 26.9. The number of amides is 1. The molecule has 0 aliphatic carbocycles. The van der Waals surface area contributed by atoms with Gasteiger partial charge in [0.05, 0.1) is 36.9 Å². The second-order valence-electron chi connectivity index (χ2n) is 8.52. The summed E-state index contributed by atoms with van der Waals surface area (Å²) in [4.78, 5) is 46.5. The minimum absolute atomic E-state index is 0.208. The van der Waals surface area contributed by atoms with Crippen molar-refractivity contribution in [2.24, 2.45) is 0 Å². The molecule has 0 aromatic carbocycles. The Morgan fingerprint density at radius 3 is 2.64 bits per heavy atom. The molecular formula is C24H22N10O4S. The number of rotatable bonds is 7. The highest BCUT2D eigenvalue weighted by Crippen LogP contribution is 2.36. The lowest BCUT2D eigenvalue weighted by Gasteiger charge is -2.34. The number of pyridine rings is 2. The van der Waals surface area contributed by atoms with Crippen molar-refractivity contribution in [3.8, 4) is 28.1 Å². The van der Waals surface area contributed by atoms with Gasteiger partial charge in [0.1, 0.15) is 17.1 Å². The van der Waals surface area contributed by atoms with Gasteiger partial charge in [0.15, 0.2) is 5.82 Å². The average Bonchev–Trinajstić information content (AvgIpc) is 3.76. The number of piperazine rings is 1. The van der Waals surface area contributed by atoms with E-state index in [1.54, 1.807) is 24.1 Å². The summed E-state index contributed by atoms with van der Waals surface area (Å²) in [6.07, 6.45) is 4.69. The van der Waals surface area contributed by atoms with Crippen LogP contribution in [0, 0.1) is 0 Å². The largest absolute Gasteiger partial charge is 0.494 e. The number of nitrogens with zero attached hydrogens (tertiary/aromatic N) is 9. The SMILES string of the molecule is COc1nc(-c2ncc(OC)c3c(C(=O)C(=O)N4CCN(c5nnnn5-c5ccccn5)CC4)c[nH]c23)cs1. The standard InChI is InChI=1S/C24H22N10O4S/c1-37-16-12-27-19(15-13-39-24(28-15)38-2)20-18(16)14(11-26-20)21(35)22(36)32-7-9-33(10-8-32)23-29-30-31-34(23)17-5-3-4-6-25-17/h3-6,11-13,26H,7-10H2,1-2H3. The van der Waals surface area contributed by atoms with E-state index in [2.05, 4.69) is 35.5 Å². The number of H-pyrrole nitrogens is 1. The molecule has 0 unspecified atom stereocenters. The lowest BCUT2D eigenvalue weighted by atomic mass is 10.1. The van der Waals surface area contributed by atoms with Gasteiger partial charge in [-0.2, -0.15) is 4.68 Å². The van der Waals surface area contributed by atoms with Gasteiger partial charge in [-0.15, -0.1) is 0 Å². The van der Waals surface area contributed by atoms with Crippen molar-refractivity contribution >= 4 is 39.9 Å². The lowest BCUT2D eigenvalue weighted by Crippen LogP contribution is -2.51. The van der Waals surface area contributed by atoms with E-state index in [9.17, 15) is 9.59 Å². The maximum Gasteiger partial charge on any atom is 0.295 e. The second-order valence-corrected chi connectivity index (χ2v) is 9.34. The van der Waals surface area contributed by atoms with Crippen LogP contribution in [0.1, 0.15) is 10.4 Å². The minimum atomic E-state index is -0.640. The number of ether oxygens (including phenoxy) is 2. The number of hydrogen-bond donors (Lipinski definition) is 1. The Bertz CT molecular complexity index is 1660. The van der Waals surface area contributed by atoms with E-state index < -0.39 is 11.7 Å². The normalized spacial score (nSPS) is 13.6. The van der Waals surface area contributed by atoms with E-state index in [0.717, 1.165) is 0 Å². The molecule has 6 rings (SSSR count). The summed E-state index contributed by atoms with van der Waals surface area (Å²) >= 11 is 1.33. The predicted octanol–water partition coefficient (Wildman–Crippen LogP) is 1.61. The first-order chi connectivity index (χ1) is 19.1. The fraction of sp³-hybridized carbons (Fsp3) is 0.250. The third-order valence-corrected chi connectivity index (χ3v) is 7.20. The molecule has 0 bridgehead atoms. The summed E-state index contributed by atoms with van der Waals surface area (Å²) in [5.74, 6) is 0.242. The van der Waals surface area contributed by atoms with Gasteiger partial charge in [0.2, 0.25) is 0 Å². The Hall–Kier alpha value is -4.92. The van der Waals surface area contributed by atoms with Crippen LogP contribution in [-0.4, -0.2) is 97.1 Å².